The van der Waals surface area contributed by atoms with Gasteiger partial charge in [0.25, 0.3) is 0 Å². The van der Waals surface area contributed by atoms with Gasteiger partial charge in [-0.15, -0.1) is 11.6 Å². The molecule has 0 fully saturated rings. The normalized spacial score (nSPS) is 11.9. The Hall–Kier alpha value is -2.55. The Balaban J connectivity index is 1.88. The highest BCUT2D eigenvalue weighted by atomic mass is 35.5. The largest absolute Gasteiger partial charge is 0.497 e. The summed E-state index contributed by atoms with van der Waals surface area (Å²) in [5.74, 6) is 1.55. The fourth-order valence-electron chi connectivity index (χ4n) is 3.65. The SMILES string of the molecule is COc1ccc([C@@H](C)N(CC=C(c2ccccc2)c2ccccc2)CCCCl)cc1. The van der Waals surface area contributed by atoms with Crippen molar-refractivity contribution < 1.29 is 4.74 Å². The number of halogens is 1. The Morgan fingerprint density at radius 1 is 0.900 bits per heavy atom. The lowest BCUT2D eigenvalue weighted by Crippen LogP contribution is -2.29. The van der Waals surface area contributed by atoms with Crippen LogP contribution in [0.15, 0.2) is 91.0 Å². The smallest absolute Gasteiger partial charge is 0.118 e. The fourth-order valence-corrected chi connectivity index (χ4v) is 3.77. The number of nitrogens with zero attached hydrogens (tertiary/aromatic N) is 1. The van der Waals surface area contributed by atoms with Gasteiger partial charge in [0.05, 0.1) is 7.11 Å². The molecule has 0 N–H and O–H groups in total. The Morgan fingerprint density at radius 3 is 1.97 bits per heavy atom. The molecule has 3 aromatic carbocycles. The summed E-state index contributed by atoms with van der Waals surface area (Å²) in [6, 6.07) is 29.8. The van der Waals surface area contributed by atoms with Gasteiger partial charge in [0.2, 0.25) is 0 Å². The molecule has 2 nitrogen and oxygen atoms in total. The van der Waals surface area contributed by atoms with Crippen LogP contribution >= 0.6 is 11.6 Å². The number of methoxy groups -OCH3 is 1. The Morgan fingerprint density at radius 2 is 1.47 bits per heavy atom. The van der Waals surface area contributed by atoms with E-state index >= 15 is 0 Å². The lowest BCUT2D eigenvalue weighted by Gasteiger charge is -2.29. The minimum Gasteiger partial charge on any atom is -0.497 e. The molecule has 0 saturated heterocycles. The molecule has 0 unspecified atom stereocenters. The number of ether oxygens (including phenoxy) is 1. The van der Waals surface area contributed by atoms with Crippen molar-refractivity contribution in [2.75, 3.05) is 26.1 Å². The highest BCUT2D eigenvalue weighted by molar-refractivity contribution is 6.17. The Labute approximate surface area is 185 Å². The number of benzene rings is 3. The molecule has 0 aromatic heterocycles. The molecule has 0 radical (unpaired) electrons. The van der Waals surface area contributed by atoms with E-state index in [0.29, 0.717) is 5.88 Å². The van der Waals surface area contributed by atoms with Gasteiger partial charge in [-0.1, -0.05) is 78.9 Å². The molecule has 3 heteroatoms. The van der Waals surface area contributed by atoms with Crippen molar-refractivity contribution in [2.45, 2.75) is 19.4 Å². The molecule has 0 heterocycles. The average Bonchev–Trinajstić information content (AvgIpc) is 2.82. The van der Waals surface area contributed by atoms with E-state index in [1.165, 1.54) is 22.3 Å². The van der Waals surface area contributed by atoms with Gasteiger partial charge in [-0.05, 0) is 47.7 Å². The van der Waals surface area contributed by atoms with Crippen LogP contribution in [0.25, 0.3) is 5.57 Å². The summed E-state index contributed by atoms with van der Waals surface area (Å²) in [6.45, 7) is 4.06. The van der Waals surface area contributed by atoms with Crippen LogP contribution in [0.1, 0.15) is 36.1 Å². The molecule has 0 aliphatic rings. The summed E-state index contributed by atoms with van der Waals surface area (Å²) in [6.07, 6.45) is 3.31. The summed E-state index contributed by atoms with van der Waals surface area (Å²) < 4.78 is 5.31. The lowest BCUT2D eigenvalue weighted by atomic mass is 9.97. The summed E-state index contributed by atoms with van der Waals surface area (Å²) in [7, 11) is 1.70. The maximum atomic E-state index is 6.03. The minimum atomic E-state index is 0.281. The lowest BCUT2D eigenvalue weighted by molar-refractivity contribution is 0.235. The maximum Gasteiger partial charge on any atom is 0.118 e. The monoisotopic (exact) mass is 419 g/mol. The average molecular weight is 420 g/mol. The van der Waals surface area contributed by atoms with Crippen LogP contribution < -0.4 is 4.74 Å². The third kappa shape index (κ3) is 5.98. The van der Waals surface area contributed by atoms with Crippen molar-refractivity contribution in [1.29, 1.82) is 0 Å². The van der Waals surface area contributed by atoms with Gasteiger partial charge >= 0.3 is 0 Å². The zero-order valence-corrected chi connectivity index (χ0v) is 18.6. The number of rotatable bonds is 10. The van der Waals surface area contributed by atoms with E-state index in [2.05, 4.69) is 90.7 Å². The van der Waals surface area contributed by atoms with E-state index in [4.69, 9.17) is 16.3 Å². The van der Waals surface area contributed by atoms with E-state index in [9.17, 15) is 0 Å². The van der Waals surface area contributed by atoms with Crippen LogP contribution in [0.3, 0.4) is 0 Å². The molecule has 0 bridgehead atoms. The van der Waals surface area contributed by atoms with Crippen LogP contribution in [0.2, 0.25) is 0 Å². The van der Waals surface area contributed by atoms with Gasteiger partial charge < -0.3 is 4.74 Å². The molecule has 30 heavy (non-hydrogen) atoms. The predicted molar refractivity (Wildman–Crippen MR) is 128 cm³/mol. The number of hydrogen-bond donors (Lipinski definition) is 0. The van der Waals surface area contributed by atoms with Crippen molar-refractivity contribution in [3.05, 3.63) is 108 Å². The van der Waals surface area contributed by atoms with Gasteiger partial charge in [0.15, 0.2) is 0 Å². The second kappa shape index (κ2) is 11.6. The quantitative estimate of drug-likeness (QED) is 0.334. The van der Waals surface area contributed by atoms with Crippen LogP contribution in [-0.2, 0) is 0 Å². The van der Waals surface area contributed by atoms with Crippen LogP contribution in [-0.4, -0.2) is 31.0 Å². The van der Waals surface area contributed by atoms with Crippen molar-refractivity contribution in [3.63, 3.8) is 0 Å². The molecule has 0 aliphatic heterocycles. The minimum absolute atomic E-state index is 0.281. The van der Waals surface area contributed by atoms with E-state index in [-0.39, 0.29) is 6.04 Å². The summed E-state index contributed by atoms with van der Waals surface area (Å²) in [5.41, 5.74) is 5.00. The first-order valence-corrected chi connectivity index (χ1v) is 11.0. The molecule has 156 valence electrons. The number of hydrogen-bond acceptors (Lipinski definition) is 2. The van der Waals surface area contributed by atoms with Gasteiger partial charge in [0, 0.05) is 25.0 Å². The summed E-state index contributed by atoms with van der Waals surface area (Å²) in [4.78, 5) is 2.48. The van der Waals surface area contributed by atoms with Gasteiger partial charge in [0.1, 0.15) is 5.75 Å². The zero-order valence-electron chi connectivity index (χ0n) is 17.8. The highest BCUT2D eigenvalue weighted by Gasteiger charge is 2.15. The second-order valence-electron chi connectivity index (χ2n) is 7.34. The topological polar surface area (TPSA) is 12.5 Å². The van der Waals surface area contributed by atoms with Crippen molar-refractivity contribution in [1.82, 2.24) is 4.90 Å². The third-order valence-electron chi connectivity index (χ3n) is 5.42. The van der Waals surface area contributed by atoms with Crippen molar-refractivity contribution >= 4 is 17.2 Å². The number of alkyl halides is 1. The second-order valence-corrected chi connectivity index (χ2v) is 7.71. The van der Waals surface area contributed by atoms with Crippen LogP contribution in [0, 0.1) is 0 Å². The molecule has 0 saturated carbocycles. The predicted octanol–water partition coefficient (Wildman–Crippen LogP) is 6.82. The summed E-state index contributed by atoms with van der Waals surface area (Å²) in [5, 5.41) is 0. The van der Waals surface area contributed by atoms with Gasteiger partial charge in [-0.3, -0.25) is 4.90 Å². The van der Waals surface area contributed by atoms with Crippen LogP contribution in [0.4, 0.5) is 0 Å². The van der Waals surface area contributed by atoms with E-state index < -0.39 is 0 Å². The maximum absolute atomic E-state index is 6.03. The molecule has 0 amide bonds. The van der Waals surface area contributed by atoms with Gasteiger partial charge in [-0.2, -0.15) is 0 Å². The molecule has 3 aromatic rings. The van der Waals surface area contributed by atoms with Crippen molar-refractivity contribution in [3.8, 4) is 5.75 Å². The first-order valence-electron chi connectivity index (χ1n) is 10.5. The van der Waals surface area contributed by atoms with Crippen molar-refractivity contribution in [2.24, 2.45) is 0 Å². The van der Waals surface area contributed by atoms with E-state index in [1.807, 2.05) is 12.1 Å². The van der Waals surface area contributed by atoms with E-state index in [0.717, 1.165) is 25.3 Å². The summed E-state index contributed by atoms with van der Waals surface area (Å²) >= 11 is 6.03. The molecule has 1 atom stereocenters. The fraction of sp³-hybridized carbons (Fsp3) is 0.259. The zero-order chi connectivity index (χ0) is 21.2. The highest BCUT2D eigenvalue weighted by Crippen LogP contribution is 2.26. The first kappa shape index (κ1) is 22.1. The van der Waals surface area contributed by atoms with Crippen LogP contribution in [0.5, 0.6) is 5.75 Å². The third-order valence-corrected chi connectivity index (χ3v) is 5.69. The van der Waals surface area contributed by atoms with E-state index in [1.54, 1.807) is 7.11 Å². The Bertz CT molecular complexity index is 865. The molecular formula is C27H30ClNO. The molecule has 0 aliphatic carbocycles. The molecular weight excluding hydrogens is 390 g/mol. The first-order chi connectivity index (χ1) is 14.7. The molecule has 0 spiro atoms. The Kier molecular flexibility index (Phi) is 8.55. The van der Waals surface area contributed by atoms with Gasteiger partial charge in [-0.25, -0.2) is 0 Å². The molecule has 3 rings (SSSR count). The standard InChI is InChI=1S/C27H30ClNO/c1-22(23-14-16-26(30-2)17-15-23)29(20-9-19-28)21-18-27(24-10-5-3-6-11-24)25-12-7-4-8-13-25/h3-8,10-18,22H,9,19-21H2,1-2H3/t22-/m1/s1.